The normalized spacial score (nSPS) is 10.7. The third-order valence-corrected chi connectivity index (χ3v) is 3.30. The number of benzene rings is 2. The van der Waals surface area contributed by atoms with Crippen LogP contribution < -0.4 is 10.5 Å². The topological polar surface area (TPSA) is 68.3 Å². The summed E-state index contributed by atoms with van der Waals surface area (Å²) in [5, 5.41) is 9.55. The van der Waals surface area contributed by atoms with Gasteiger partial charge in [-0.2, -0.15) is 0 Å². The summed E-state index contributed by atoms with van der Waals surface area (Å²) in [5.74, 6) is 0.871. The zero-order valence-corrected chi connectivity index (χ0v) is 12.4. The zero-order valence-electron chi connectivity index (χ0n) is 12.4. The van der Waals surface area contributed by atoms with Crippen LogP contribution in [0.1, 0.15) is 25.3 Å². The van der Waals surface area contributed by atoms with Crippen LogP contribution in [0.3, 0.4) is 0 Å². The molecule has 0 spiro atoms. The highest BCUT2D eigenvalue weighted by Crippen LogP contribution is 2.28. The maximum absolute atomic E-state index is 7.64. The van der Waals surface area contributed by atoms with Crippen LogP contribution in [-0.4, -0.2) is 25.7 Å². The van der Waals surface area contributed by atoms with Crippen LogP contribution in [-0.2, 0) is 4.74 Å². The summed E-state index contributed by atoms with van der Waals surface area (Å²) in [5.41, 5.74) is 6.35. The molecule has 0 amide bonds. The van der Waals surface area contributed by atoms with Crippen LogP contribution in [0.4, 0.5) is 0 Å². The molecular weight excluding hydrogens is 264 g/mol. The average Bonchev–Trinajstić information content (AvgIpc) is 2.50. The second kappa shape index (κ2) is 7.64. The highest BCUT2D eigenvalue weighted by atomic mass is 16.5. The third-order valence-electron chi connectivity index (χ3n) is 3.30. The molecule has 21 heavy (non-hydrogen) atoms. The number of amidine groups is 1. The van der Waals surface area contributed by atoms with Gasteiger partial charge in [-0.05, 0) is 23.9 Å². The van der Waals surface area contributed by atoms with Gasteiger partial charge in [-0.25, -0.2) is 0 Å². The van der Waals surface area contributed by atoms with Gasteiger partial charge in [-0.3, -0.25) is 5.41 Å². The van der Waals surface area contributed by atoms with E-state index in [9.17, 15) is 0 Å². The third kappa shape index (κ3) is 3.95. The Morgan fingerprint density at radius 2 is 1.81 bits per heavy atom. The molecule has 0 aliphatic carbocycles. The van der Waals surface area contributed by atoms with E-state index in [1.807, 2.05) is 36.4 Å². The van der Waals surface area contributed by atoms with E-state index in [1.54, 1.807) is 0 Å². The summed E-state index contributed by atoms with van der Waals surface area (Å²) in [4.78, 5) is 0. The van der Waals surface area contributed by atoms with Crippen LogP contribution in [0, 0.1) is 5.41 Å². The van der Waals surface area contributed by atoms with Crippen LogP contribution in [0.5, 0.6) is 5.75 Å². The van der Waals surface area contributed by atoms with Crippen molar-refractivity contribution in [3.63, 3.8) is 0 Å². The molecule has 3 N–H and O–H groups in total. The first-order valence-electron chi connectivity index (χ1n) is 7.30. The van der Waals surface area contributed by atoms with E-state index < -0.39 is 0 Å². The highest BCUT2D eigenvalue weighted by molar-refractivity contribution is 6.09. The summed E-state index contributed by atoms with van der Waals surface area (Å²) >= 11 is 0. The fraction of sp³-hybridized carbons (Fsp3) is 0.353. The van der Waals surface area contributed by atoms with Crippen molar-refractivity contribution < 1.29 is 9.47 Å². The summed E-state index contributed by atoms with van der Waals surface area (Å²) in [6, 6.07) is 11.5. The van der Waals surface area contributed by atoms with E-state index in [1.165, 1.54) is 0 Å². The molecule has 0 unspecified atom stereocenters. The molecule has 4 nitrogen and oxygen atoms in total. The second-order valence-corrected chi connectivity index (χ2v) is 4.88. The molecule has 0 bridgehead atoms. The Hall–Kier alpha value is -2.07. The highest BCUT2D eigenvalue weighted by Gasteiger charge is 2.08. The van der Waals surface area contributed by atoms with E-state index in [0.29, 0.717) is 13.2 Å². The SMILES string of the molecule is CCCCOCCOc1ccc(C(=N)N)c2ccccc12. The largest absolute Gasteiger partial charge is 0.491 e. The molecular formula is C17H22N2O2. The molecule has 2 aromatic rings. The van der Waals surface area contributed by atoms with Gasteiger partial charge in [0.15, 0.2) is 0 Å². The Kier molecular flexibility index (Phi) is 5.58. The van der Waals surface area contributed by atoms with Crippen molar-refractivity contribution in [2.45, 2.75) is 19.8 Å². The number of unbranched alkanes of at least 4 members (excludes halogenated alkanes) is 1. The Morgan fingerprint density at radius 1 is 1.05 bits per heavy atom. The lowest BCUT2D eigenvalue weighted by atomic mass is 10.0. The Balaban J connectivity index is 2.07. The first kappa shape index (κ1) is 15.3. The number of rotatable bonds is 8. The molecule has 0 fully saturated rings. The van der Waals surface area contributed by atoms with Crippen molar-refractivity contribution in [3.05, 3.63) is 42.0 Å². The van der Waals surface area contributed by atoms with E-state index in [-0.39, 0.29) is 5.84 Å². The average molecular weight is 286 g/mol. The lowest BCUT2D eigenvalue weighted by Crippen LogP contribution is -2.12. The van der Waals surface area contributed by atoms with Crippen LogP contribution >= 0.6 is 0 Å². The van der Waals surface area contributed by atoms with E-state index in [0.717, 1.165) is 41.5 Å². The maximum Gasteiger partial charge on any atom is 0.127 e. The van der Waals surface area contributed by atoms with E-state index >= 15 is 0 Å². The van der Waals surface area contributed by atoms with Gasteiger partial charge in [0.2, 0.25) is 0 Å². The first-order valence-corrected chi connectivity index (χ1v) is 7.30. The Morgan fingerprint density at radius 3 is 2.52 bits per heavy atom. The standard InChI is InChI=1S/C17H22N2O2/c1-2-3-10-20-11-12-21-16-9-8-15(17(18)19)13-6-4-5-7-14(13)16/h4-9H,2-3,10-12H2,1H3,(H3,18,19). The molecule has 0 aliphatic heterocycles. The predicted molar refractivity (Wildman–Crippen MR) is 86.2 cm³/mol. The minimum atomic E-state index is 0.0700. The minimum Gasteiger partial charge on any atom is -0.491 e. The van der Waals surface area contributed by atoms with E-state index in [2.05, 4.69) is 6.92 Å². The summed E-state index contributed by atoms with van der Waals surface area (Å²) in [6.07, 6.45) is 2.22. The molecule has 0 radical (unpaired) electrons. The van der Waals surface area contributed by atoms with Crippen LogP contribution in [0.15, 0.2) is 36.4 Å². The summed E-state index contributed by atoms with van der Waals surface area (Å²) < 4.78 is 11.3. The lowest BCUT2D eigenvalue weighted by Gasteiger charge is -2.12. The lowest BCUT2D eigenvalue weighted by molar-refractivity contribution is 0.0985. The monoisotopic (exact) mass is 286 g/mol. The number of ether oxygens (including phenoxy) is 2. The number of hydrogen-bond donors (Lipinski definition) is 2. The Labute approximate surface area is 125 Å². The molecule has 0 heterocycles. The molecule has 112 valence electrons. The van der Waals surface area contributed by atoms with Crippen LogP contribution in [0.25, 0.3) is 10.8 Å². The van der Waals surface area contributed by atoms with E-state index in [4.69, 9.17) is 20.6 Å². The summed E-state index contributed by atoms with van der Waals surface area (Å²) in [6.45, 7) is 4.03. The minimum absolute atomic E-state index is 0.0700. The molecule has 0 atom stereocenters. The second-order valence-electron chi connectivity index (χ2n) is 4.88. The molecule has 0 saturated heterocycles. The van der Waals surface area contributed by atoms with Crippen molar-refractivity contribution >= 4 is 16.6 Å². The van der Waals surface area contributed by atoms with Gasteiger partial charge in [-0.1, -0.05) is 37.6 Å². The van der Waals surface area contributed by atoms with Crippen LogP contribution in [0.2, 0.25) is 0 Å². The van der Waals surface area contributed by atoms with Crippen molar-refractivity contribution in [2.24, 2.45) is 5.73 Å². The number of nitrogens with two attached hydrogens (primary N) is 1. The van der Waals surface area contributed by atoms with Gasteiger partial charge in [0.25, 0.3) is 0 Å². The van der Waals surface area contributed by atoms with Crippen molar-refractivity contribution in [3.8, 4) is 5.75 Å². The van der Waals surface area contributed by atoms with Crippen molar-refractivity contribution in [2.75, 3.05) is 19.8 Å². The van der Waals surface area contributed by atoms with Crippen molar-refractivity contribution in [1.82, 2.24) is 0 Å². The molecule has 4 heteroatoms. The number of hydrogen-bond acceptors (Lipinski definition) is 3. The van der Waals surface area contributed by atoms with Gasteiger partial charge in [0.05, 0.1) is 6.61 Å². The zero-order chi connectivity index (χ0) is 15.1. The number of nitrogen functional groups attached to an aromatic ring is 1. The fourth-order valence-electron chi connectivity index (χ4n) is 2.19. The number of fused-ring (bicyclic) bond motifs is 1. The maximum atomic E-state index is 7.64. The Bertz CT molecular complexity index is 611. The van der Waals surface area contributed by atoms with Gasteiger partial charge in [0, 0.05) is 17.6 Å². The molecule has 0 aromatic heterocycles. The quantitative estimate of drug-likeness (QED) is 0.444. The molecule has 0 aliphatic rings. The summed E-state index contributed by atoms with van der Waals surface area (Å²) in [7, 11) is 0. The van der Waals surface area contributed by atoms with Gasteiger partial charge in [0.1, 0.15) is 18.2 Å². The van der Waals surface area contributed by atoms with Gasteiger partial charge >= 0.3 is 0 Å². The fourth-order valence-corrected chi connectivity index (χ4v) is 2.19. The van der Waals surface area contributed by atoms with Gasteiger partial charge < -0.3 is 15.2 Å². The van der Waals surface area contributed by atoms with Gasteiger partial charge in [-0.15, -0.1) is 0 Å². The van der Waals surface area contributed by atoms with Crippen molar-refractivity contribution in [1.29, 1.82) is 5.41 Å². The smallest absolute Gasteiger partial charge is 0.127 e. The first-order chi connectivity index (χ1) is 10.2. The molecule has 0 saturated carbocycles. The predicted octanol–water partition coefficient (Wildman–Crippen LogP) is 3.32. The molecule has 2 rings (SSSR count). The number of nitrogens with one attached hydrogen (secondary N) is 1. The molecule has 2 aromatic carbocycles.